The van der Waals surface area contributed by atoms with Crippen LogP contribution < -0.4 is 0 Å². The van der Waals surface area contributed by atoms with Crippen molar-refractivity contribution in [2.24, 2.45) is 0 Å². The highest BCUT2D eigenvalue weighted by Gasteiger charge is 2.13. The van der Waals surface area contributed by atoms with Crippen LogP contribution in [-0.4, -0.2) is 5.78 Å². The maximum atomic E-state index is 12.1. The Hall–Kier alpha value is -0.640. The van der Waals surface area contributed by atoms with Crippen LogP contribution in [0.15, 0.2) is 34.8 Å². The number of aryl methyl sites for hydroxylation is 1. The molecule has 0 N–H and O–H groups in total. The Labute approximate surface area is 111 Å². The lowest BCUT2D eigenvalue weighted by molar-refractivity contribution is 0.104. The summed E-state index contributed by atoms with van der Waals surface area (Å²) in [4.78, 5) is 12.7. The zero-order valence-electron chi connectivity index (χ0n) is 8.46. The molecule has 1 aromatic carbocycles. The zero-order valence-corrected chi connectivity index (χ0v) is 11.6. The molecular weight excluding hydrogens is 308 g/mol. The molecule has 0 unspecified atom stereocenters. The second kappa shape index (κ2) is 4.70. The standard InChI is InChI=1S/C12H8BrClOS/c1-7-2-4-8(5-3-7)11(15)10-6-9(13)12(14)16-10/h2-6H,1H3. The highest BCUT2D eigenvalue weighted by Crippen LogP contribution is 2.33. The van der Waals surface area contributed by atoms with Crippen LogP contribution in [0.3, 0.4) is 0 Å². The van der Waals surface area contributed by atoms with Crippen molar-refractivity contribution in [3.05, 3.63) is 55.1 Å². The van der Waals surface area contributed by atoms with E-state index >= 15 is 0 Å². The molecule has 0 radical (unpaired) electrons. The van der Waals surface area contributed by atoms with Crippen LogP contribution in [0, 0.1) is 6.92 Å². The summed E-state index contributed by atoms with van der Waals surface area (Å²) in [5.41, 5.74) is 1.83. The summed E-state index contributed by atoms with van der Waals surface area (Å²) in [6.45, 7) is 1.99. The lowest BCUT2D eigenvalue weighted by Gasteiger charge is -1.98. The Morgan fingerprint density at radius 2 is 1.94 bits per heavy atom. The minimum absolute atomic E-state index is 0.0117. The summed E-state index contributed by atoms with van der Waals surface area (Å²) in [7, 11) is 0. The third-order valence-corrected chi connectivity index (χ3v) is 4.66. The first-order chi connectivity index (χ1) is 7.58. The van der Waals surface area contributed by atoms with Crippen LogP contribution in [0.4, 0.5) is 0 Å². The van der Waals surface area contributed by atoms with Gasteiger partial charge in [-0.25, -0.2) is 0 Å². The molecule has 2 aromatic rings. The van der Waals surface area contributed by atoms with Crippen molar-refractivity contribution in [3.8, 4) is 0 Å². The second-order valence-electron chi connectivity index (χ2n) is 3.43. The summed E-state index contributed by atoms with van der Waals surface area (Å²) in [6, 6.07) is 9.28. The average Bonchev–Trinajstić information content (AvgIpc) is 2.59. The predicted molar refractivity (Wildman–Crippen MR) is 71.6 cm³/mol. The first-order valence-electron chi connectivity index (χ1n) is 4.64. The van der Waals surface area contributed by atoms with Crippen molar-refractivity contribution in [3.63, 3.8) is 0 Å². The Morgan fingerprint density at radius 1 is 1.31 bits per heavy atom. The summed E-state index contributed by atoms with van der Waals surface area (Å²) in [5.74, 6) is 0.0117. The van der Waals surface area contributed by atoms with Gasteiger partial charge >= 0.3 is 0 Å². The maximum absolute atomic E-state index is 12.1. The number of ketones is 1. The number of benzene rings is 1. The van der Waals surface area contributed by atoms with E-state index < -0.39 is 0 Å². The molecule has 0 aliphatic carbocycles. The molecule has 4 heteroatoms. The number of hydrogen-bond donors (Lipinski definition) is 0. The normalized spacial score (nSPS) is 10.4. The van der Waals surface area contributed by atoms with Gasteiger partial charge in [0.25, 0.3) is 0 Å². The monoisotopic (exact) mass is 314 g/mol. The molecule has 0 atom stereocenters. The summed E-state index contributed by atoms with van der Waals surface area (Å²) >= 11 is 10.5. The first kappa shape index (κ1) is 11.8. The van der Waals surface area contributed by atoms with E-state index in [0.29, 0.717) is 14.8 Å². The maximum Gasteiger partial charge on any atom is 0.203 e. The lowest BCUT2D eigenvalue weighted by Crippen LogP contribution is -1.97. The van der Waals surface area contributed by atoms with Crippen LogP contribution in [0.1, 0.15) is 20.8 Å². The molecule has 82 valence electrons. The van der Waals surface area contributed by atoms with Crippen molar-refractivity contribution >= 4 is 44.7 Å². The van der Waals surface area contributed by atoms with E-state index in [9.17, 15) is 4.79 Å². The SMILES string of the molecule is Cc1ccc(C(=O)c2cc(Br)c(Cl)s2)cc1. The van der Waals surface area contributed by atoms with E-state index in [-0.39, 0.29) is 5.78 Å². The molecule has 1 aromatic heterocycles. The van der Waals surface area contributed by atoms with Gasteiger partial charge in [-0.05, 0) is 28.9 Å². The Kier molecular flexibility index (Phi) is 3.47. The van der Waals surface area contributed by atoms with Gasteiger partial charge in [0.2, 0.25) is 5.78 Å². The molecule has 0 saturated heterocycles. The third kappa shape index (κ3) is 2.37. The number of carbonyl (C=O) groups excluding carboxylic acids is 1. The average molecular weight is 316 g/mol. The van der Waals surface area contributed by atoms with Crippen molar-refractivity contribution in [1.29, 1.82) is 0 Å². The van der Waals surface area contributed by atoms with Crippen LogP contribution in [0.25, 0.3) is 0 Å². The third-order valence-electron chi connectivity index (χ3n) is 2.18. The van der Waals surface area contributed by atoms with Gasteiger partial charge < -0.3 is 0 Å². The van der Waals surface area contributed by atoms with Crippen molar-refractivity contribution in [1.82, 2.24) is 0 Å². The molecule has 0 amide bonds. The zero-order chi connectivity index (χ0) is 11.7. The van der Waals surface area contributed by atoms with Crippen LogP contribution in [0.2, 0.25) is 4.34 Å². The van der Waals surface area contributed by atoms with Gasteiger partial charge in [-0.15, -0.1) is 11.3 Å². The first-order valence-corrected chi connectivity index (χ1v) is 6.63. The highest BCUT2D eigenvalue weighted by molar-refractivity contribution is 9.10. The lowest BCUT2D eigenvalue weighted by atomic mass is 10.1. The highest BCUT2D eigenvalue weighted by atomic mass is 79.9. The summed E-state index contributed by atoms with van der Waals surface area (Å²) < 4.78 is 1.38. The van der Waals surface area contributed by atoms with Crippen molar-refractivity contribution in [2.75, 3.05) is 0 Å². The summed E-state index contributed by atoms with van der Waals surface area (Å²) in [5, 5.41) is 0. The minimum Gasteiger partial charge on any atom is -0.288 e. The van der Waals surface area contributed by atoms with Crippen LogP contribution >= 0.6 is 38.9 Å². The molecule has 0 aliphatic heterocycles. The van der Waals surface area contributed by atoms with Gasteiger partial charge in [0.05, 0.1) is 4.88 Å². The Morgan fingerprint density at radius 3 is 2.44 bits per heavy atom. The number of rotatable bonds is 2. The van der Waals surface area contributed by atoms with E-state index in [0.717, 1.165) is 10.0 Å². The molecule has 0 saturated carbocycles. The molecular formula is C12H8BrClOS. The van der Waals surface area contributed by atoms with Crippen LogP contribution in [-0.2, 0) is 0 Å². The number of carbonyl (C=O) groups is 1. The molecule has 0 spiro atoms. The molecule has 16 heavy (non-hydrogen) atoms. The molecule has 0 aliphatic rings. The van der Waals surface area contributed by atoms with Gasteiger partial charge in [0.15, 0.2) is 0 Å². The molecule has 0 bridgehead atoms. The van der Waals surface area contributed by atoms with E-state index in [1.807, 2.05) is 31.2 Å². The fourth-order valence-corrected chi connectivity index (χ4v) is 2.97. The fourth-order valence-electron chi connectivity index (χ4n) is 1.31. The van der Waals surface area contributed by atoms with E-state index in [1.165, 1.54) is 11.3 Å². The number of halogens is 2. The molecule has 1 heterocycles. The van der Waals surface area contributed by atoms with E-state index in [4.69, 9.17) is 11.6 Å². The van der Waals surface area contributed by atoms with Gasteiger partial charge in [-0.3, -0.25) is 4.79 Å². The fraction of sp³-hybridized carbons (Fsp3) is 0.0833. The Balaban J connectivity index is 2.35. The van der Waals surface area contributed by atoms with Crippen molar-refractivity contribution in [2.45, 2.75) is 6.92 Å². The van der Waals surface area contributed by atoms with Gasteiger partial charge in [-0.2, -0.15) is 0 Å². The number of hydrogen-bond acceptors (Lipinski definition) is 2. The number of thiophene rings is 1. The summed E-state index contributed by atoms with van der Waals surface area (Å²) in [6.07, 6.45) is 0. The van der Waals surface area contributed by atoms with Gasteiger partial charge in [0.1, 0.15) is 4.34 Å². The molecule has 0 fully saturated rings. The van der Waals surface area contributed by atoms with Crippen molar-refractivity contribution < 1.29 is 4.79 Å². The predicted octanol–water partition coefficient (Wildman–Crippen LogP) is 4.70. The quantitative estimate of drug-likeness (QED) is 0.734. The Bertz CT molecular complexity index is 511. The molecule has 1 nitrogen and oxygen atoms in total. The molecule has 2 rings (SSSR count). The minimum atomic E-state index is 0.0117. The smallest absolute Gasteiger partial charge is 0.203 e. The van der Waals surface area contributed by atoms with Gasteiger partial charge in [-0.1, -0.05) is 41.4 Å². The van der Waals surface area contributed by atoms with E-state index in [1.54, 1.807) is 6.07 Å². The van der Waals surface area contributed by atoms with E-state index in [2.05, 4.69) is 15.9 Å². The van der Waals surface area contributed by atoms with Gasteiger partial charge in [0, 0.05) is 10.0 Å². The topological polar surface area (TPSA) is 17.1 Å². The second-order valence-corrected chi connectivity index (χ2v) is 5.94. The largest absolute Gasteiger partial charge is 0.288 e. The van der Waals surface area contributed by atoms with Crippen LogP contribution in [0.5, 0.6) is 0 Å².